The van der Waals surface area contributed by atoms with E-state index in [2.05, 4.69) is 32.1 Å². The second-order valence-corrected chi connectivity index (χ2v) is 9.65. The van der Waals surface area contributed by atoms with Crippen molar-refractivity contribution >= 4 is 35.1 Å². The summed E-state index contributed by atoms with van der Waals surface area (Å²) >= 11 is 2.86. The number of aryl methyl sites for hydroxylation is 2. The van der Waals surface area contributed by atoms with E-state index in [1.54, 1.807) is 6.08 Å². The van der Waals surface area contributed by atoms with Crippen molar-refractivity contribution in [2.24, 2.45) is 0 Å². The van der Waals surface area contributed by atoms with Gasteiger partial charge in [-0.15, -0.1) is 16.8 Å². The van der Waals surface area contributed by atoms with Crippen LogP contribution in [0.2, 0.25) is 0 Å². The van der Waals surface area contributed by atoms with Crippen LogP contribution in [0.1, 0.15) is 17.2 Å². The van der Waals surface area contributed by atoms with Crippen LogP contribution in [0, 0.1) is 13.8 Å². The Kier molecular flexibility index (Phi) is 8.33. The molecule has 4 aromatic rings. The van der Waals surface area contributed by atoms with E-state index in [4.69, 9.17) is 0 Å². The van der Waals surface area contributed by atoms with Gasteiger partial charge in [0.25, 0.3) is 0 Å². The zero-order valence-corrected chi connectivity index (χ0v) is 21.3. The number of carbonyl (C=O) groups is 1. The molecule has 2 aromatic heterocycles. The summed E-state index contributed by atoms with van der Waals surface area (Å²) in [5, 5.41) is 13.1. The number of rotatable bonds is 10. The topological polar surface area (TPSA) is 85.6 Å². The summed E-state index contributed by atoms with van der Waals surface area (Å²) in [6, 6.07) is 19.7. The van der Waals surface area contributed by atoms with Crippen LogP contribution >= 0.6 is 23.5 Å². The maximum absolute atomic E-state index is 12.8. The lowest BCUT2D eigenvalue weighted by Gasteiger charge is -2.11. The summed E-state index contributed by atoms with van der Waals surface area (Å²) in [5.74, 6) is 1.47. The predicted molar refractivity (Wildman–Crippen MR) is 143 cm³/mol. The molecule has 35 heavy (non-hydrogen) atoms. The summed E-state index contributed by atoms with van der Waals surface area (Å²) in [5.41, 5.74) is 4.68. The van der Waals surface area contributed by atoms with Crippen molar-refractivity contribution in [1.82, 2.24) is 24.7 Å². The van der Waals surface area contributed by atoms with E-state index < -0.39 is 0 Å². The Morgan fingerprint density at radius 3 is 2.46 bits per heavy atom. The van der Waals surface area contributed by atoms with Crippen LogP contribution in [-0.2, 0) is 17.1 Å². The van der Waals surface area contributed by atoms with Gasteiger partial charge in [-0.2, -0.15) is 0 Å². The lowest BCUT2D eigenvalue weighted by molar-refractivity contribution is -0.113. The molecule has 0 spiro atoms. The van der Waals surface area contributed by atoms with Gasteiger partial charge < -0.3 is 9.88 Å². The molecule has 0 radical (unpaired) electrons. The van der Waals surface area contributed by atoms with Crippen molar-refractivity contribution in [2.45, 2.75) is 36.5 Å². The van der Waals surface area contributed by atoms with Crippen molar-refractivity contribution in [3.8, 4) is 11.1 Å². The number of hydrogen-bond donors (Lipinski definition) is 1. The second-order valence-electron chi connectivity index (χ2n) is 7.77. The van der Waals surface area contributed by atoms with E-state index in [-0.39, 0.29) is 11.7 Å². The monoisotopic (exact) mass is 502 g/mol. The third kappa shape index (κ3) is 6.58. The number of amides is 1. The molecule has 0 fully saturated rings. The minimum atomic E-state index is -0.105. The number of hydrogen-bond acceptors (Lipinski definition) is 7. The highest BCUT2D eigenvalue weighted by Crippen LogP contribution is 2.28. The maximum Gasteiger partial charge on any atom is 0.234 e. The summed E-state index contributed by atoms with van der Waals surface area (Å²) in [4.78, 5) is 21.7. The van der Waals surface area contributed by atoms with Crippen molar-refractivity contribution in [1.29, 1.82) is 0 Å². The van der Waals surface area contributed by atoms with E-state index in [0.717, 1.165) is 34.0 Å². The van der Waals surface area contributed by atoms with Crippen LogP contribution in [-0.4, -0.2) is 36.4 Å². The first-order chi connectivity index (χ1) is 17.0. The number of nitrogens with one attached hydrogen (secondary N) is 1. The molecule has 0 aliphatic carbocycles. The van der Waals surface area contributed by atoms with Gasteiger partial charge in [0.05, 0.1) is 11.5 Å². The van der Waals surface area contributed by atoms with Gasteiger partial charge in [0.1, 0.15) is 5.82 Å². The van der Waals surface area contributed by atoms with Crippen LogP contribution in [0.4, 0.5) is 5.69 Å². The van der Waals surface area contributed by atoms with Crippen molar-refractivity contribution in [3.63, 3.8) is 0 Å². The first-order valence-electron chi connectivity index (χ1n) is 11.1. The number of allylic oxidation sites excluding steroid dienone is 1. The number of anilines is 1. The molecule has 178 valence electrons. The van der Waals surface area contributed by atoms with Crippen molar-refractivity contribution in [3.05, 3.63) is 90.5 Å². The number of benzene rings is 2. The van der Waals surface area contributed by atoms with Crippen molar-refractivity contribution in [2.75, 3.05) is 11.1 Å². The fourth-order valence-corrected chi connectivity index (χ4v) is 5.17. The molecule has 1 amide bonds. The Labute approximate surface area is 213 Å². The van der Waals surface area contributed by atoms with Gasteiger partial charge in [-0.3, -0.25) is 4.79 Å². The van der Waals surface area contributed by atoms with E-state index in [1.807, 2.05) is 79.1 Å². The third-order valence-electron chi connectivity index (χ3n) is 5.02. The SMILES string of the molecule is C=CCn1c(CSc2nc(C)cc(C)n2)nnc1SCC(=O)Nc1ccccc1-c1ccccc1. The summed E-state index contributed by atoms with van der Waals surface area (Å²) in [6.07, 6.45) is 1.80. The van der Waals surface area contributed by atoms with Crippen LogP contribution in [0.25, 0.3) is 11.1 Å². The van der Waals surface area contributed by atoms with E-state index in [0.29, 0.717) is 22.6 Å². The molecule has 0 unspecified atom stereocenters. The predicted octanol–water partition coefficient (Wildman–Crippen LogP) is 5.56. The van der Waals surface area contributed by atoms with Gasteiger partial charge in [-0.05, 0) is 31.5 Å². The van der Waals surface area contributed by atoms with Crippen LogP contribution in [0.15, 0.2) is 83.6 Å². The molecule has 0 atom stereocenters. The molecule has 0 saturated carbocycles. The fraction of sp³-hybridized carbons (Fsp3) is 0.192. The van der Waals surface area contributed by atoms with E-state index in [1.165, 1.54) is 23.5 Å². The number of para-hydroxylation sites is 1. The molecule has 0 aliphatic rings. The number of nitrogens with zero attached hydrogens (tertiary/aromatic N) is 5. The summed E-state index contributed by atoms with van der Waals surface area (Å²) in [7, 11) is 0. The quantitative estimate of drug-likeness (QED) is 0.173. The molecule has 2 heterocycles. The molecule has 4 rings (SSSR count). The minimum absolute atomic E-state index is 0.105. The maximum atomic E-state index is 12.8. The molecule has 0 aliphatic heterocycles. The van der Waals surface area contributed by atoms with Crippen LogP contribution < -0.4 is 5.32 Å². The largest absolute Gasteiger partial charge is 0.325 e. The lowest BCUT2D eigenvalue weighted by Crippen LogP contribution is -2.15. The molecular weight excluding hydrogens is 476 g/mol. The Hall–Kier alpha value is -3.43. The number of carbonyl (C=O) groups excluding carboxylic acids is 1. The first-order valence-corrected chi connectivity index (χ1v) is 13.1. The van der Waals surface area contributed by atoms with Crippen LogP contribution in [0.5, 0.6) is 0 Å². The van der Waals surface area contributed by atoms with E-state index >= 15 is 0 Å². The Bertz CT molecular complexity index is 1300. The van der Waals surface area contributed by atoms with E-state index in [9.17, 15) is 4.79 Å². The Morgan fingerprint density at radius 2 is 1.71 bits per heavy atom. The zero-order chi connectivity index (χ0) is 24.6. The van der Waals surface area contributed by atoms with Gasteiger partial charge in [0.15, 0.2) is 10.3 Å². The van der Waals surface area contributed by atoms with Gasteiger partial charge in [0.2, 0.25) is 5.91 Å². The Balaban J connectivity index is 1.41. The molecule has 1 N–H and O–H groups in total. The second kappa shape index (κ2) is 11.8. The average molecular weight is 503 g/mol. The number of aromatic nitrogens is 5. The lowest BCUT2D eigenvalue weighted by atomic mass is 10.0. The highest BCUT2D eigenvalue weighted by Gasteiger charge is 2.15. The molecule has 0 saturated heterocycles. The third-order valence-corrected chi connectivity index (χ3v) is 6.83. The fourth-order valence-electron chi connectivity index (χ4n) is 3.51. The van der Waals surface area contributed by atoms with Crippen molar-refractivity contribution < 1.29 is 4.79 Å². The van der Waals surface area contributed by atoms with Gasteiger partial charge in [0, 0.05) is 29.2 Å². The highest BCUT2D eigenvalue weighted by molar-refractivity contribution is 7.99. The molecule has 0 bridgehead atoms. The average Bonchev–Trinajstić information content (AvgIpc) is 3.23. The molecule has 9 heteroatoms. The minimum Gasteiger partial charge on any atom is -0.325 e. The molecular formula is C26H26N6OS2. The molecule has 2 aromatic carbocycles. The van der Waals surface area contributed by atoms with Gasteiger partial charge >= 0.3 is 0 Å². The summed E-state index contributed by atoms with van der Waals surface area (Å²) in [6.45, 7) is 8.32. The Morgan fingerprint density at radius 1 is 1.00 bits per heavy atom. The number of thioether (sulfide) groups is 2. The first kappa shape index (κ1) is 24.7. The highest BCUT2D eigenvalue weighted by atomic mass is 32.2. The van der Waals surface area contributed by atoms with Gasteiger partial charge in [-0.1, -0.05) is 78.1 Å². The standard InChI is InChI=1S/C26H26N6OS2/c1-4-14-32-23(16-34-25-27-18(2)15-19(3)28-25)30-31-26(32)35-17-24(33)29-22-13-9-8-12-21(22)20-10-6-5-7-11-20/h4-13,15H,1,14,16-17H2,2-3H3,(H,29,33). The van der Waals surface area contributed by atoms with Crippen LogP contribution in [0.3, 0.4) is 0 Å². The zero-order valence-electron chi connectivity index (χ0n) is 19.6. The van der Waals surface area contributed by atoms with Gasteiger partial charge in [-0.25, -0.2) is 9.97 Å². The summed E-state index contributed by atoms with van der Waals surface area (Å²) < 4.78 is 1.97. The smallest absolute Gasteiger partial charge is 0.234 e. The molecule has 7 nitrogen and oxygen atoms in total. The normalized spacial score (nSPS) is 10.8.